The van der Waals surface area contributed by atoms with Gasteiger partial charge in [-0.1, -0.05) is 60.6 Å². The second kappa shape index (κ2) is 10.1. The molecule has 0 bridgehead atoms. The third-order valence-corrected chi connectivity index (χ3v) is 12.5. The topological polar surface area (TPSA) is 57.5 Å². The lowest BCUT2D eigenvalue weighted by atomic mass is 9.38. The summed E-state index contributed by atoms with van der Waals surface area (Å²) in [4.78, 5) is 9.00. The second-order valence-electron chi connectivity index (χ2n) is 14.6. The molecule has 0 amide bonds. The summed E-state index contributed by atoms with van der Waals surface area (Å²) in [7, 11) is 0. The van der Waals surface area contributed by atoms with Crippen LogP contribution in [0.4, 0.5) is 0 Å². The predicted octanol–water partition coefficient (Wildman–Crippen LogP) is 8.51. The maximum atomic E-state index is 10.8. The van der Waals surface area contributed by atoms with Gasteiger partial charge >= 0.3 is 0 Å². The molecule has 202 valence electrons. The fourth-order valence-electron chi connectivity index (χ4n) is 9.95. The first-order valence-electron chi connectivity index (χ1n) is 14.7. The van der Waals surface area contributed by atoms with E-state index < -0.39 is 5.97 Å². The number of rotatable bonds is 5. The Bertz CT molecular complexity index is 780. The van der Waals surface area contributed by atoms with Crippen molar-refractivity contribution in [2.75, 3.05) is 0 Å². The number of hydrogen-bond donors (Lipinski definition) is 2. The van der Waals surface area contributed by atoms with Gasteiger partial charge in [0.15, 0.2) is 0 Å². The van der Waals surface area contributed by atoms with Crippen LogP contribution >= 0.6 is 0 Å². The molecule has 4 fully saturated rings. The lowest BCUT2D eigenvalue weighted by Gasteiger charge is -2.67. The SMILES string of the molecule is C=C(CCCC1CC[C@@]2(C)C3CCC4C(C)(C)C(O)CCC4(C)C3CCC12C)C(C)C.CC(=O)O. The quantitative estimate of drug-likeness (QED) is 0.381. The molecule has 8 atom stereocenters. The summed E-state index contributed by atoms with van der Waals surface area (Å²) in [6, 6.07) is 0. The van der Waals surface area contributed by atoms with Crippen LogP contribution < -0.4 is 0 Å². The predicted molar refractivity (Wildman–Crippen MR) is 146 cm³/mol. The number of allylic oxidation sites excluding steroid dienone is 1. The molecular formula is C32H56O3. The molecule has 0 aromatic carbocycles. The van der Waals surface area contributed by atoms with Crippen molar-refractivity contribution in [3.8, 4) is 0 Å². The monoisotopic (exact) mass is 488 g/mol. The van der Waals surface area contributed by atoms with Crippen LogP contribution in [-0.2, 0) is 4.79 Å². The molecule has 7 unspecified atom stereocenters. The first kappa shape index (κ1) is 28.7. The van der Waals surface area contributed by atoms with E-state index in [0.29, 0.717) is 28.1 Å². The van der Waals surface area contributed by atoms with E-state index in [1.807, 2.05) is 0 Å². The molecule has 0 saturated heterocycles. The van der Waals surface area contributed by atoms with E-state index in [2.05, 4.69) is 55.0 Å². The zero-order chi connectivity index (χ0) is 26.4. The highest BCUT2D eigenvalue weighted by Gasteiger charge is 2.66. The molecule has 2 N–H and O–H groups in total. The van der Waals surface area contributed by atoms with Gasteiger partial charge in [-0.15, -0.1) is 0 Å². The summed E-state index contributed by atoms with van der Waals surface area (Å²) in [6.45, 7) is 22.8. The largest absolute Gasteiger partial charge is 0.481 e. The highest BCUT2D eigenvalue weighted by atomic mass is 16.4. The van der Waals surface area contributed by atoms with Crippen molar-refractivity contribution >= 4 is 5.97 Å². The number of carboxylic acids is 1. The summed E-state index contributed by atoms with van der Waals surface area (Å²) < 4.78 is 0. The standard InChI is InChI=1S/C30H52O.C2H4O2/c1-20(2)21(3)10-9-11-22-14-18-30(8)24-12-13-25-27(4,5)26(31)16-17-28(25,6)23(24)15-19-29(22,30)7;1-2(3)4/h20,22-26,31H,3,9-19H2,1-2,4-8H3;1H3,(H,3,4)/t22?,23?,24?,25?,26?,28?,29?,30-;/m0./s1. The molecule has 35 heavy (non-hydrogen) atoms. The van der Waals surface area contributed by atoms with Crippen molar-refractivity contribution in [2.45, 2.75) is 132 Å². The van der Waals surface area contributed by atoms with Gasteiger partial charge in [0.05, 0.1) is 6.10 Å². The van der Waals surface area contributed by atoms with Gasteiger partial charge in [-0.05, 0) is 122 Å². The van der Waals surface area contributed by atoms with Gasteiger partial charge in [-0.2, -0.15) is 0 Å². The highest BCUT2D eigenvalue weighted by Crippen LogP contribution is 2.74. The molecule has 0 spiro atoms. The van der Waals surface area contributed by atoms with Crippen LogP contribution in [0.1, 0.15) is 126 Å². The number of carboxylic acid groups (broad SMARTS) is 1. The maximum absolute atomic E-state index is 10.8. The third-order valence-electron chi connectivity index (χ3n) is 12.5. The van der Waals surface area contributed by atoms with Crippen LogP contribution in [0.2, 0.25) is 0 Å². The van der Waals surface area contributed by atoms with Crippen molar-refractivity contribution in [3.05, 3.63) is 12.2 Å². The van der Waals surface area contributed by atoms with E-state index >= 15 is 0 Å². The Hall–Kier alpha value is -0.830. The summed E-state index contributed by atoms with van der Waals surface area (Å²) in [5.41, 5.74) is 3.01. The van der Waals surface area contributed by atoms with Gasteiger partial charge in [0.1, 0.15) is 0 Å². The molecule has 0 aliphatic heterocycles. The molecule has 4 saturated carbocycles. The van der Waals surface area contributed by atoms with Crippen molar-refractivity contribution in [1.82, 2.24) is 0 Å². The molecular weight excluding hydrogens is 432 g/mol. The lowest BCUT2D eigenvalue weighted by molar-refractivity contribution is -0.199. The Morgan fingerprint density at radius 2 is 1.51 bits per heavy atom. The van der Waals surface area contributed by atoms with Gasteiger partial charge in [-0.25, -0.2) is 0 Å². The first-order chi connectivity index (χ1) is 16.1. The first-order valence-corrected chi connectivity index (χ1v) is 14.7. The number of aliphatic hydroxyl groups is 1. The Balaban J connectivity index is 0.000000795. The highest BCUT2D eigenvalue weighted by molar-refractivity contribution is 5.62. The van der Waals surface area contributed by atoms with Crippen LogP contribution in [0.5, 0.6) is 0 Å². The number of aliphatic hydroxyl groups excluding tert-OH is 1. The molecule has 0 radical (unpaired) electrons. The van der Waals surface area contributed by atoms with Gasteiger partial charge in [-0.3, -0.25) is 4.79 Å². The maximum Gasteiger partial charge on any atom is 0.300 e. The zero-order valence-electron chi connectivity index (χ0n) is 24.3. The molecule has 0 aromatic heterocycles. The van der Waals surface area contributed by atoms with Gasteiger partial charge in [0, 0.05) is 6.92 Å². The van der Waals surface area contributed by atoms with E-state index in [1.165, 1.54) is 69.8 Å². The molecule has 3 nitrogen and oxygen atoms in total. The zero-order valence-corrected chi connectivity index (χ0v) is 24.3. The molecule has 3 heteroatoms. The summed E-state index contributed by atoms with van der Waals surface area (Å²) in [6.07, 6.45) is 14.7. The van der Waals surface area contributed by atoms with Gasteiger partial charge in [0.25, 0.3) is 5.97 Å². The van der Waals surface area contributed by atoms with Gasteiger partial charge in [0.2, 0.25) is 0 Å². The van der Waals surface area contributed by atoms with E-state index in [9.17, 15) is 5.11 Å². The summed E-state index contributed by atoms with van der Waals surface area (Å²) in [5.74, 6) is 3.17. The average molecular weight is 489 g/mol. The van der Waals surface area contributed by atoms with E-state index in [0.717, 1.165) is 31.1 Å². The van der Waals surface area contributed by atoms with Crippen molar-refractivity contribution < 1.29 is 15.0 Å². The molecule has 4 aliphatic rings. The minimum Gasteiger partial charge on any atom is -0.481 e. The van der Waals surface area contributed by atoms with Crippen molar-refractivity contribution in [1.29, 1.82) is 0 Å². The Kier molecular flexibility index (Phi) is 8.33. The Labute approximate surface area is 216 Å². The minimum atomic E-state index is -0.833. The fraction of sp³-hybridized carbons (Fsp3) is 0.906. The second-order valence-corrected chi connectivity index (χ2v) is 14.6. The van der Waals surface area contributed by atoms with Crippen LogP contribution in [0.25, 0.3) is 0 Å². The van der Waals surface area contributed by atoms with Crippen LogP contribution in [0, 0.1) is 51.2 Å². The van der Waals surface area contributed by atoms with Crippen molar-refractivity contribution in [3.63, 3.8) is 0 Å². The van der Waals surface area contributed by atoms with Crippen LogP contribution in [0.15, 0.2) is 12.2 Å². The fourth-order valence-corrected chi connectivity index (χ4v) is 9.95. The minimum absolute atomic E-state index is 0.0800. The van der Waals surface area contributed by atoms with Crippen LogP contribution in [0.3, 0.4) is 0 Å². The molecule has 0 aromatic rings. The number of carbonyl (C=O) groups is 1. The molecule has 0 heterocycles. The summed E-state index contributed by atoms with van der Waals surface area (Å²) >= 11 is 0. The Morgan fingerprint density at radius 3 is 2.11 bits per heavy atom. The molecule has 4 rings (SSSR count). The van der Waals surface area contributed by atoms with E-state index in [4.69, 9.17) is 9.90 Å². The van der Waals surface area contributed by atoms with Crippen molar-refractivity contribution in [2.24, 2.45) is 51.2 Å². The third kappa shape index (κ3) is 4.89. The lowest BCUT2D eigenvalue weighted by Crippen LogP contribution is -2.61. The van der Waals surface area contributed by atoms with Gasteiger partial charge < -0.3 is 10.2 Å². The number of aliphatic carboxylic acids is 1. The van der Waals surface area contributed by atoms with E-state index in [-0.39, 0.29) is 11.5 Å². The number of hydrogen-bond acceptors (Lipinski definition) is 2. The normalized spacial score (nSPS) is 43.9. The smallest absolute Gasteiger partial charge is 0.300 e. The van der Waals surface area contributed by atoms with E-state index in [1.54, 1.807) is 0 Å². The molecule has 4 aliphatic carbocycles. The Morgan fingerprint density at radius 1 is 0.914 bits per heavy atom. The number of fused-ring (bicyclic) bond motifs is 5. The summed E-state index contributed by atoms with van der Waals surface area (Å²) in [5, 5.41) is 18.2. The van der Waals surface area contributed by atoms with Crippen LogP contribution in [-0.4, -0.2) is 22.3 Å². The average Bonchev–Trinajstić information content (AvgIpc) is 3.02.